The topological polar surface area (TPSA) is 48.0 Å². The molecule has 0 aromatic carbocycles. The fourth-order valence-corrected chi connectivity index (χ4v) is 1.89. The molecule has 0 aliphatic carbocycles. The highest BCUT2D eigenvalue weighted by atomic mass is 35.5. The minimum Gasteiger partial charge on any atom is -0.330 e. The Hall–Kier alpha value is -0.320. The first-order chi connectivity index (χ1) is 5.29. The number of nitrogens with two attached hydrogens (primary N) is 1. The number of hydrogen-bond acceptors (Lipinski definition) is 3. The van der Waals surface area contributed by atoms with Crippen LogP contribution in [0.15, 0.2) is 10.2 Å². The Morgan fingerprint density at radius 2 is 2.33 bits per heavy atom. The van der Waals surface area contributed by atoms with E-state index in [9.17, 15) is 4.79 Å². The summed E-state index contributed by atoms with van der Waals surface area (Å²) in [5.74, 6) is 0. The molecule has 0 fully saturated rings. The lowest BCUT2D eigenvalue weighted by atomic mass is 10.3. The molecule has 3 nitrogen and oxygen atoms in total. The number of halogens is 1. The number of aromatic nitrogens is 1. The van der Waals surface area contributed by atoms with E-state index < -0.39 is 0 Å². The molecular formula is C7H13ClN2OS. The molecule has 12 heavy (non-hydrogen) atoms. The predicted octanol–water partition coefficient (Wildman–Crippen LogP) is 0.853. The molecule has 0 spiro atoms. The molecule has 0 atom stereocenters. The van der Waals surface area contributed by atoms with E-state index in [1.54, 1.807) is 4.57 Å². The van der Waals surface area contributed by atoms with E-state index >= 15 is 0 Å². The second-order valence-electron chi connectivity index (χ2n) is 2.28. The zero-order valence-corrected chi connectivity index (χ0v) is 8.58. The van der Waals surface area contributed by atoms with Gasteiger partial charge in [-0.25, -0.2) is 0 Å². The standard InChI is InChI=1S/C7H12N2OS.ClH/c1-2-9-6(3-4-8)5-11-7(9)10;/h5H,2-4,8H2,1H3;1H. The summed E-state index contributed by atoms with van der Waals surface area (Å²) in [5, 5.41) is 1.89. The van der Waals surface area contributed by atoms with Gasteiger partial charge in [0.2, 0.25) is 0 Å². The zero-order chi connectivity index (χ0) is 8.27. The van der Waals surface area contributed by atoms with Crippen LogP contribution in [-0.2, 0) is 13.0 Å². The monoisotopic (exact) mass is 208 g/mol. The van der Waals surface area contributed by atoms with Crippen LogP contribution in [-0.4, -0.2) is 11.1 Å². The largest absolute Gasteiger partial charge is 0.330 e. The first kappa shape index (κ1) is 11.7. The number of thiazole rings is 1. The van der Waals surface area contributed by atoms with Crippen LogP contribution in [0.1, 0.15) is 12.6 Å². The van der Waals surface area contributed by atoms with Gasteiger partial charge in [0, 0.05) is 24.0 Å². The predicted molar refractivity (Wildman–Crippen MR) is 54.3 cm³/mol. The van der Waals surface area contributed by atoms with Crippen LogP contribution in [0.3, 0.4) is 0 Å². The summed E-state index contributed by atoms with van der Waals surface area (Å²) in [6.07, 6.45) is 0.798. The molecule has 0 bridgehead atoms. The van der Waals surface area contributed by atoms with Crippen molar-refractivity contribution in [3.8, 4) is 0 Å². The molecule has 0 saturated carbocycles. The van der Waals surface area contributed by atoms with Crippen molar-refractivity contribution in [2.75, 3.05) is 6.54 Å². The lowest BCUT2D eigenvalue weighted by Gasteiger charge is -2.00. The van der Waals surface area contributed by atoms with Crippen LogP contribution < -0.4 is 10.6 Å². The SMILES string of the molecule is CCn1c(CCN)csc1=O.Cl. The average molecular weight is 209 g/mol. The molecule has 0 aliphatic heterocycles. The summed E-state index contributed by atoms with van der Waals surface area (Å²) in [6.45, 7) is 3.32. The van der Waals surface area contributed by atoms with E-state index in [0.717, 1.165) is 18.7 Å². The highest BCUT2D eigenvalue weighted by Crippen LogP contribution is 2.01. The van der Waals surface area contributed by atoms with Gasteiger partial charge >= 0.3 is 4.87 Å². The van der Waals surface area contributed by atoms with Gasteiger partial charge in [-0.1, -0.05) is 11.3 Å². The maximum Gasteiger partial charge on any atom is 0.307 e. The van der Waals surface area contributed by atoms with Gasteiger partial charge in [0.15, 0.2) is 0 Å². The Labute approximate surface area is 81.6 Å². The van der Waals surface area contributed by atoms with Crippen molar-refractivity contribution >= 4 is 23.7 Å². The maximum atomic E-state index is 11.1. The first-order valence-corrected chi connectivity index (χ1v) is 4.54. The summed E-state index contributed by atoms with van der Waals surface area (Å²) in [4.78, 5) is 11.2. The Kier molecular flexibility index (Phi) is 5.20. The van der Waals surface area contributed by atoms with E-state index in [1.165, 1.54) is 11.3 Å². The van der Waals surface area contributed by atoms with E-state index in [1.807, 2.05) is 12.3 Å². The minimum atomic E-state index is 0. The summed E-state index contributed by atoms with van der Waals surface area (Å²) in [7, 11) is 0. The van der Waals surface area contributed by atoms with Crippen LogP contribution >= 0.6 is 23.7 Å². The normalized spacial score (nSPS) is 9.50. The van der Waals surface area contributed by atoms with Crippen LogP contribution in [0, 0.1) is 0 Å². The zero-order valence-electron chi connectivity index (χ0n) is 6.95. The van der Waals surface area contributed by atoms with Gasteiger partial charge in [0.05, 0.1) is 0 Å². The quantitative estimate of drug-likeness (QED) is 0.801. The van der Waals surface area contributed by atoms with E-state index in [2.05, 4.69) is 0 Å². The maximum absolute atomic E-state index is 11.1. The summed E-state index contributed by atoms with van der Waals surface area (Å²) < 4.78 is 1.76. The van der Waals surface area contributed by atoms with Crippen molar-refractivity contribution in [3.05, 3.63) is 20.7 Å². The molecule has 1 aromatic heterocycles. The van der Waals surface area contributed by atoms with E-state index in [-0.39, 0.29) is 17.3 Å². The molecular weight excluding hydrogens is 196 g/mol. The highest BCUT2D eigenvalue weighted by molar-refractivity contribution is 7.07. The van der Waals surface area contributed by atoms with Crippen LogP contribution in [0.2, 0.25) is 0 Å². The van der Waals surface area contributed by atoms with Crippen molar-refractivity contribution in [2.45, 2.75) is 19.9 Å². The first-order valence-electron chi connectivity index (χ1n) is 3.66. The summed E-state index contributed by atoms with van der Waals surface area (Å²) >= 11 is 1.25. The molecule has 5 heteroatoms. The molecule has 70 valence electrons. The Balaban J connectivity index is 0.00000121. The third kappa shape index (κ3) is 2.33. The number of rotatable bonds is 3. The van der Waals surface area contributed by atoms with Gasteiger partial charge in [0.25, 0.3) is 0 Å². The fourth-order valence-electron chi connectivity index (χ4n) is 1.04. The lowest BCUT2D eigenvalue weighted by Crippen LogP contribution is -2.16. The minimum absolute atomic E-state index is 0. The number of nitrogens with zero attached hydrogens (tertiary/aromatic N) is 1. The molecule has 0 radical (unpaired) electrons. The molecule has 0 amide bonds. The third-order valence-electron chi connectivity index (χ3n) is 1.58. The van der Waals surface area contributed by atoms with Crippen LogP contribution in [0.5, 0.6) is 0 Å². The van der Waals surface area contributed by atoms with Gasteiger partial charge in [-0.05, 0) is 13.5 Å². The van der Waals surface area contributed by atoms with Gasteiger partial charge < -0.3 is 10.3 Å². The van der Waals surface area contributed by atoms with Crippen molar-refractivity contribution in [2.24, 2.45) is 5.73 Å². The summed E-state index contributed by atoms with van der Waals surface area (Å²) in [5.41, 5.74) is 6.44. The molecule has 0 aliphatic rings. The molecule has 2 N–H and O–H groups in total. The second kappa shape index (κ2) is 5.35. The average Bonchev–Trinajstić information content (AvgIpc) is 2.33. The molecule has 1 aromatic rings. The van der Waals surface area contributed by atoms with Crippen molar-refractivity contribution in [3.63, 3.8) is 0 Å². The Morgan fingerprint density at radius 1 is 1.67 bits per heavy atom. The van der Waals surface area contributed by atoms with Crippen LogP contribution in [0.4, 0.5) is 0 Å². The van der Waals surface area contributed by atoms with E-state index in [0.29, 0.717) is 6.54 Å². The molecule has 1 heterocycles. The van der Waals surface area contributed by atoms with E-state index in [4.69, 9.17) is 5.73 Å². The van der Waals surface area contributed by atoms with Crippen molar-refractivity contribution in [1.82, 2.24) is 4.57 Å². The van der Waals surface area contributed by atoms with Crippen LogP contribution in [0.25, 0.3) is 0 Å². The molecule has 1 rings (SSSR count). The van der Waals surface area contributed by atoms with Crippen molar-refractivity contribution < 1.29 is 0 Å². The highest BCUT2D eigenvalue weighted by Gasteiger charge is 2.02. The molecule has 0 saturated heterocycles. The summed E-state index contributed by atoms with van der Waals surface area (Å²) in [6, 6.07) is 0. The Morgan fingerprint density at radius 3 is 2.83 bits per heavy atom. The smallest absolute Gasteiger partial charge is 0.307 e. The second-order valence-corrected chi connectivity index (χ2v) is 3.10. The Bertz CT molecular complexity index is 281. The van der Waals surface area contributed by atoms with Gasteiger partial charge in [-0.15, -0.1) is 12.4 Å². The third-order valence-corrected chi connectivity index (χ3v) is 2.39. The van der Waals surface area contributed by atoms with Crippen molar-refractivity contribution in [1.29, 1.82) is 0 Å². The molecule has 0 unspecified atom stereocenters. The van der Waals surface area contributed by atoms with Gasteiger partial charge in [-0.2, -0.15) is 0 Å². The van der Waals surface area contributed by atoms with Gasteiger partial charge in [0.1, 0.15) is 0 Å². The lowest BCUT2D eigenvalue weighted by molar-refractivity contribution is 0.693. The number of hydrogen-bond donors (Lipinski definition) is 1. The van der Waals surface area contributed by atoms with Gasteiger partial charge in [-0.3, -0.25) is 4.79 Å². The fraction of sp³-hybridized carbons (Fsp3) is 0.571.